The summed E-state index contributed by atoms with van der Waals surface area (Å²) < 4.78 is 31.5. The molecule has 3 rings (SSSR count). The van der Waals surface area contributed by atoms with Crippen LogP contribution in [0, 0.1) is 18.2 Å². The van der Waals surface area contributed by atoms with E-state index in [1.54, 1.807) is 6.08 Å². The van der Waals surface area contributed by atoms with Gasteiger partial charge in [0.2, 0.25) is 0 Å². The van der Waals surface area contributed by atoms with Gasteiger partial charge in [-0.3, -0.25) is 4.79 Å². The summed E-state index contributed by atoms with van der Waals surface area (Å²) in [7, 11) is 0. The molecule has 0 aliphatic rings. The van der Waals surface area contributed by atoms with Crippen molar-refractivity contribution < 1.29 is 18.7 Å². The molecule has 1 N–H and O–H groups in total. The van der Waals surface area contributed by atoms with Gasteiger partial charge in [0.15, 0.2) is 0 Å². The van der Waals surface area contributed by atoms with Crippen molar-refractivity contribution in [2.24, 2.45) is 0 Å². The van der Waals surface area contributed by atoms with Gasteiger partial charge < -0.3 is 10.0 Å². The lowest BCUT2D eigenvalue weighted by atomic mass is 10.1. The number of aliphatic carboxylic acids is 1. The van der Waals surface area contributed by atoms with Gasteiger partial charge >= 0.3 is 5.97 Å². The van der Waals surface area contributed by atoms with Crippen molar-refractivity contribution in [1.82, 2.24) is 0 Å². The predicted molar refractivity (Wildman–Crippen MR) is 139 cm³/mol. The quantitative estimate of drug-likeness (QED) is 0.213. The van der Waals surface area contributed by atoms with Crippen LogP contribution >= 0.6 is 22.7 Å². The number of unbranched alkanes of at least 4 members (excludes halogenated alkanes) is 2. The molecule has 2 aromatic heterocycles. The van der Waals surface area contributed by atoms with Crippen molar-refractivity contribution >= 4 is 62.0 Å². The van der Waals surface area contributed by atoms with Crippen LogP contribution in [0.15, 0.2) is 30.0 Å². The molecule has 0 spiro atoms. The molecule has 0 unspecified atom stereocenters. The summed E-state index contributed by atoms with van der Waals surface area (Å²) in [6.45, 7) is 12.7. The second kappa shape index (κ2) is 11.9. The molecule has 8 heteroatoms. The SMILES string of the molecule is [C-]#[N+]C(=Cc1cc2sc(C=Cc3c(F)cc(N(CCCC)CCCC)cc3F)cc2s1)C(=O)O. The Labute approximate surface area is 206 Å². The Balaban J connectivity index is 1.81. The van der Waals surface area contributed by atoms with Crippen LogP contribution in [0.1, 0.15) is 54.8 Å². The number of fused-ring (bicyclic) bond motifs is 1. The van der Waals surface area contributed by atoms with Crippen molar-refractivity contribution in [2.45, 2.75) is 39.5 Å². The Hall–Kier alpha value is -3.02. The van der Waals surface area contributed by atoms with Crippen molar-refractivity contribution in [3.8, 4) is 0 Å². The third-order valence-corrected chi connectivity index (χ3v) is 7.48. The molecule has 0 amide bonds. The maximum atomic E-state index is 14.8. The minimum atomic E-state index is -1.26. The van der Waals surface area contributed by atoms with E-state index in [1.165, 1.54) is 47.0 Å². The lowest BCUT2D eigenvalue weighted by Gasteiger charge is -2.25. The topological polar surface area (TPSA) is 44.9 Å². The third kappa shape index (κ3) is 6.31. The summed E-state index contributed by atoms with van der Waals surface area (Å²) in [5.74, 6) is -2.44. The number of thiophene rings is 2. The van der Waals surface area contributed by atoms with Crippen molar-refractivity contribution in [1.29, 1.82) is 0 Å². The molecule has 0 saturated heterocycles. The summed E-state index contributed by atoms with van der Waals surface area (Å²) in [4.78, 5) is 17.6. The van der Waals surface area contributed by atoms with Crippen molar-refractivity contribution in [3.63, 3.8) is 0 Å². The molecule has 1 aromatic carbocycles. The average Bonchev–Trinajstić information content (AvgIpc) is 3.34. The molecule has 0 fully saturated rings. The summed E-state index contributed by atoms with van der Waals surface area (Å²) in [5.41, 5.74) is 0.163. The van der Waals surface area contributed by atoms with Gasteiger partial charge in [-0.25, -0.2) is 13.6 Å². The smallest absolute Gasteiger partial charge is 0.333 e. The Bertz CT molecular complexity index is 1210. The number of nitrogens with zero attached hydrogens (tertiary/aromatic N) is 2. The number of rotatable bonds is 11. The maximum absolute atomic E-state index is 14.8. The highest BCUT2D eigenvalue weighted by atomic mass is 32.1. The van der Waals surface area contributed by atoms with Crippen LogP contribution in [0.2, 0.25) is 0 Å². The second-order valence-electron chi connectivity index (χ2n) is 7.82. The fourth-order valence-corrected chi connectivity index (χ4v) is 5.71. The van der Waals surface area contributed by atoms with Crippen LogP contribution in [0.25, 0.3) is 32.5 Å². The lowest BCUT2D eigenvalue weighted by Crippen LogP contribution is -2.26. The molecule has 2 heterocycles. The molecule has 0 radical (unpaired) electrons. The Morgan fingerprint density at radius 2 is 1.56 bits per heavy atom. The van der Waals surface area contributed by atoms with Crippen molar-refractivity contribution in [3.05, 3.63) is 68.3 Å². The van der Waals surface area contributed by atoms with Gasteiger partial charge in [-0.1, -0.05) is 26.7 Å². The molecule has 178 valence electrons. The molecule has 0 saturated carbocycles. The first-order valence-electron chi connectivity index (χ1n) is 11.1. The lowest BCUT2D eigenvalue weighted by molar-refractivity contribution is -0.132. The molecular formula is C26H26F2N2O2S2. The Kier molecular flexibility index (Phi) is 8.97. The minimum Gasteiger partial charge on any atom is -0.486 e. The molecular weight excluding hydrogens is 474 g/mol. The number of carboxylic acids is 1. The first-order chi connectivity index (χ1) is 16.4. The predicted octanol–water partition coefficient (Wildman–Crippen LogP) is 8.16. The van der Waals surface area contributed by atoms with E-state index in [0.29, 0.717) is 10.6 Å². The first kappa shape index (κ1) is 25.6. The normalized spacial score (nSPS) is 11.9. The molecule has 0 bridgehead atoms. The van der Waals surface area contributed by atoms with Gasteiger partial charge in [0.25, 0.3) is 5.70 Å². The van der Waals surface area contributed by atoms with Crippen LogP contribution in [-0.2, 0) is 4.79 Å². The van der Waals surface area contributed by atoms with Gasteiger partial charge in [-0.05, 0) is 55.3 Å². The number of halogens is 2. The monoisotopic (exact) mass is 500 g/mol. The van der Waals surface area contributed by atoms with Crippen LogP contribution in [0.5, 0.6) is 0 Å². The second-order valence-corrected chi connectivity index (χ2v) is 10.1. The average molecular weight is 501 g/mol. The van der Waals surface area contributed by atoms with Gasteiger partial charge in [-0.2, -0.15) is 0 Å². The van der Waals surface area contributed by atoms with E-state index in [-0.39, 0.29) is 11.3 Å². The van der Waals surface area contributed by atoms with E-state index in [0.717, 1.165) is 53.0 Å². The van der Waals surface area contributed by atoms with Crippen LogP contribution in [0.4, 0.5) is 14.5 Å². The molecule has 34 heavy (non-hydrogen) atoms. The zero-order chi connectivity index (χ0) is 24.7. The molecule has 3 aromatic rings. The molecule has 0 aliphatic heterocycles. The molecule has 0 atom stereocenters. The molecule has 4 nitrogen and oxygen atoms in total. The Morgan fingerprint density at radius 1 is 1.00 bits per heavy atom. The van der Waals surface area contributed by atoms with E-state index < -0.39 is 17.6 Å². The van der Waals surface area contributed by atoms with Gasteiger partial charge in [0, 0.05) is 43.5 Å². The standard InChI is InChI=1S/C26H26F2N2O2S2/c1-4-6-10-30(11-7-5-2)17-12-21(27)20(22(28)13-17)9-8-18-15-24-25(33-18)16-19(34-24)14-23(29-3)26(31)32/h8-9,12-16H,4-7,10-11H2,1-2H3,(H,31,32). The van der Waals surface area contributed by atoms with Gasteiger partial charge in [-0.15, -0.1) is 22.7 Å². The van der Waals surface area contributed by atoms with Crippen LogP contribution in [0.3, 0.4) is 0 Å². The van der Waals surface area contributed by atoms with Gasteiger partial charge in [0.1, 0.15) is 11.6 Å². The van der Waals surface area contributed by atoms with Crippen LogP contribution < -0.4 is 4.90 Å². The highest BCUT2D eigenvalue weighted by molar-refractivity contribution is 7.28. The van der Waals surface area contributed by atoms with E-state index in [1.807, 2.05) is 12.1 Å². The number of benzene rings is 1. The summed E-state index contributed by atoms with van der Waals surface area (Å²) >= 11 is 2.80. The number of hydrogen-bond donors (Lipinski definition) is 1. The summed E-state index contributed by atoms with van der Waals surface area (Å²) in [6.07, 6.45) is 8.46. The minimum absolute atomic E-state index is 0.0711. The van der Waals surface area contributed by atoms with E-state index in [2.05, 4.69) is 23.6 Å². The zero-order valence-corrected chi connectivity index (χ0v) is 20.7. The zero-order valence-electron chi connectivity index (χ0n) is 19.1. The largest absolute Gasteiger partial charge is 0.486 e. The third-order valence-electron chi connectivity index (χ3n) is 5.27. The first-order valence-corrected chi connectivity index (χ1v) is 12.8. The van der Waals surface area contributed by atoms with E-state index in [9.17, 15) is 13.6 Å². The van der Waals surface area contributed by atoms with Gasteiger partial charge in [0.05, 0.1) is 6.57 Å². The number of carbonyl (C=O) groups is 1. The fourth-order valence-electron chi connectivity index (χ4n) is 3.45. The highest BCUT2D eigenvalue weighted by Gasteiger charge is 2.14. The fraction of sp³-hybridized carbons (Fsp3) is 0.308. The van der Waals surface area contributed by atoms with Crippen molar-refractivity contribution in [2.75, 3.05) is 18.0 Å². The number of carboxylic acid groups (broad SMARTS) is 1. The number of hydrogen-bond acceptors (Lipinski definition) is 4. The maximum Gasteiger partial charge on any atom is 0.333 e. The summed E-state index contributed by atoms with van der Waals surface area (Å²) in [6, 6.07) is 6.53. The number of anilines is 1. The summed E-state index contributed by atoms with van der Waals surface area (Å²) in [5, 5.41) is 9.00. The highest BCUT2D eigenvalue weighted by Crippen LogP contribution is 2.35. The van der Waals surface area contributed by atoms with E-state index >= 15 is 0 Å². The molecule has 0 aliphatic carbocycles. The Morgan fingerprint density at radius 3 is 2.09 bits per heavy atom. The van der Waals surface area contributed by atoms with Crippen LogP contribution in [-0.4, -0.2) is 24.2 Å². The van der Waals surface area contributed by atoms with E-state index in [4.69, 9.17) is 11.7 Å².